The number of aromatic nitrogens is 2. The van der Waals surface area contributed by atoms with E-state index in [2.05, 4.69) is 22.0 Å². The Bertz CT molecular complexity index is 702. The highest BCUT2D eigenvalue weighted by molar-refractivity contribution is 5.79. The van der Waals surface area contributed by atoms with E-state index in [9.17, 15) is 4.79 Å². The quantitative estimate of drug-likeness (QED) is 0.793. The van der Waals surface area contributed by atoms with E-state index in [1.807, 2.05) is 0 Å². The molecule has 4 aliphatic rings. The second-order valence-electron chi connectivity index (χ2n) is 9.47. The summed E-state index contributed by atoms with van der Waals surface area (Å²) in [5.74, 6) is 2.71. The number of amides is 1. The monoisotopic (exact) mass is 388 g/mol. The van der Waals surface area contributed by atoms with Crippen LogP contribution in [0, 0.1) is 11.3 Å². The third-order valence-electron chi connectivity index (χ3n) is 7.66. The van der Waals surface area contributed by atoms with Crippen molar-refractivity contribution < 1.29 is 14.1 Å². The zero-order valence-electron chi connectivity index (χ0n) is 16.9. The molecule has 1 amide bonds. The van der Waals surface area contributed by atoms with E-state index in [0.29, 0.717) is 11.8 Å². The van der Waals surface area contributed by atoms with Crippen LogP contribution in [0.25, 0.3) is 0 Å². The average molecular weight is 389 g/mol. The summed E-state index contributed by atoms with van der Waals surface area (Å²) in [6.07, 6.45) is 8.64. The van der Waals surface area contributed by atoms with Crippen LogP contribution in [0.15, 0.2) is 4.52 Å². The fourth-order valence-corrected chi connectivity index (χ4v) is 5.53. The second kappa shape index (κ2) is 7.41. The van der Waals surface area contributed by atoms with Crippen molar-refractivity contribution in [2.75, 3.05) is 39.9 Å². The van der Waals surface area contributed by atoms with Crippen LogP contribution in [0.5, 0.6) is 0 Å². The Morgan fingerprint density at radius 1 is 1.14 bits per heavy atom. The Morgan fingerprint density at radius 2 is 1.89 bits per heavy atom. The van der Waals surface area contributed by atoms with Crippen molar-refractivity contribution in [2.24, 2.45) is 11.3 Å². The molecule has 154 valence electrons. The fraction of sp³-hybridized carbons (Fsp3) is 0.857. The fourth-order valence-electron chi connectivity index (χ4n) is 5.53. The molecule has 5 rings (SSSR count). The minimum Gasteiger partial charge on any atom is -0.381 e. The van der Waals surface area contributed by atoms with Gasteiger partial charge in [0.2, 0.25) is 11.8 Å². The van der Waals surface area contributed by atoms with Gasteiger partial charge >= 0.3 is 0 Å². The van der Waals surface area contributed by atoms with Crippen LogP contribution in [0.4, 0.5) is 0 Å². The van der Waals surface area contributed by atoms with Crippen LogP contribution in [0.3, 0.4) is 0 Å². The number of likely N-dealkylation sites (tertiary alicyclic amines) is 2. The molecular weight excluding hydrogens is 356 g/mol. The average Bonchev–Trinajstić information content (AvgIpc) is 3.26. The lowest BCUT2D eigenvalue weighted by atomic mass is 9.76. The van der Waals surface area contributed by atoms with E-state index in [4.69, 9.17) is 14.2 Å². The van der Waals surface area contributed by atoms with Gasteiger partial charge in [-0.1, -0.05) is 11.6 Å². The zero-order chi connectivity index (χ0) is 19.1. The largest absolute Gasteiger partial charge is 0.381 e. The second-order valence-corrected chi connectivity index (χ2v) is 9.47. The molecule has 4 fully saturated rings. The van der Waals surface area contributed by atoms with Crippen molar-refractivity contribution >= 4 is 5.91 Å². The maximum atomic E-state index is 12.8. The first-order valence-electron chi connectivity index (χ1n) is 11.0. The predicted molar refractivity (Wildman–Crippen MR) is 103 cm³/mol. The molecule has 28 heavy (non-hydrogen) atoms. The molecule has 0 radical (unpaired) electrons. The lowest BCUT2D eigenvalue weighted by Crippen LogP contribution is -2.47. The number of hydrogen-bond acceptors (Lipinski definition) is 6. The summed E-state index contributed by atoms with van der Waals surface area (Å²) in [6, 6.07) is 0.246. The minimum absolute atomic E-state index is 0.172. The number of piperidine rings is 1. The van der Waals surface area contributed by atoms with Crippen molar-refractivity contribution in [1.82, 2.24) is 19.9 Å². The van der Waals surface area contributed by atoms with Crippen LogP contribution in [-0.2, 0) is 9.53 Å². The Hall–Kier alpha value is -1.47. The van der Waals surface area contributed by atoms with Crippen molar-refractivity contribution in [2.45, 2.75) is 63.3 Å². The molecule has 4 heterocycles. The normalized spacial score (nSPS) is 29.3. The first-order valence-corrected chi connectivity index (χ1v) is 11.0. The van der Waals surface area contributed by atoms with Gasteiger partial charge in [-0.3, -0.25) is 9.69 Å². The summed E-state index contributed by atoms with van der Waals surface area (Å²) in [7, 11) is 2.18. The van der Waals surface area contributed by atoms with Crippen LogP contribution >= 0.6 is 0 Å². The van der Waals surface area contributed by atoms with Crippen LogP contribution in [-0.4, -0.2) is 65.7 Å². The molecule has 0 bridgehead atoms. The Kier molecular flexibility index (Phi) is 4.91. The maximum Gasteiger partial charge on any atom is 0.229 e. The topological polar surface area (TPSA) is 71.7 Å². The SMILES string of the molecule is CN1CC2(CCN(C(=O)C3CCOCC3)CC2)CC1c1noc(C2CCC2)n1. The van der Waals surface area contributed by atoms with E-state index >= 15 is 0 Å². The van der Waals surface area contributed by atoms with Gasteiger partial charge in [-0.05, 0) is 57.4 Å². The Balaban J connectivity index is 1.20. The van der Waals surface area contributed by atoms with E-state index in [-0.39, 0.29) is 17.4 Å². The summed E-state index contributed by atoms with van der Waals surface area (Å²) >= 11 is 0. The smallest absolute Gasteiger partial charge is 0.229 e. The summed E-state index contributed by atoms with van der Waals surface area (Å²) in [5, 5.41) is 4.33. The molecular formula is C21H32N4O3. The number of nitrogens with zero attached hydrogens (tertiary/aromatic N) is 4. The van der Waals surface area contributed by atoms with E-state index < -0.39 is 0 Å². The highest BCUT2D eigenvalue weighted by Crippen LogP contribution is 2.48. The molecule has 0 N–H and O–H groups in total. The van der Waals surface area contributed by atoms with Crippen LogP contribution < -0.4 is 0 Å². The summed E-state index contributed by atoms with van der Waals surface area (Å²) in [5.41, 5.74) is 0.281. The van der Waals surface area contributed by atoms with E-state index in [1.54, 1.807) is 0 Å². The van der Waals surface area contributed by atoms with Gasteiger partial charge in [0.25, 0.3) is 0 Å². The van der Waals surface area contributed by atoms with Gasteiger partial charge in [0.1, 0.15) is 0 Å². The molecule has 1 aromatic heterocycles. The lowest BCUT2D eigenvalue weighted by Gasteiger charge is -2.40. The van der Waals surface area contributed by atoms with E-state index in [0.717, 1.165) is 76.7 Å². The van der Waals surface area contributed by atoms with Gasteiger partial charge in [0.15, 0.2) is 5.82 Å². The van der Waals surface area contributed by atoms with Gasteiger partial charge in [-0.25, -0.2) is 0 Å². The molecule has 3 saturated heterocycles. The third kappa shape index (κ3) is 3.36. The summed E-state index contributed by atoms with van der Waals surface area (Å²) < 4.78 is 11.0. The van der Waals surface area contributed by atoms with Gasteiger partial charge < -0.3 is 14.2 Å². The molecule has 1 aromatic rings. The first kappa shape index (κ1) is 18.6. The number of carbonyl (C=O) groups is 1. The van der Waals surface area contributed by atoms with Gasteiger partial charge in [-0.2, -0.15) is 4.98 Å². The predicted octanol–water partition coefficient (Wildman–Crippen LogP) is 2.75. The maximum absolute atomic E-state index is 12.8. The zero-order valence-corrected chi connectivity index (χ0v) is 16.9. The third-order valence-corrected chi connectivity index (χ3v) is 7.66. The number of rotatable bonds is 3. The molecule has 7 heteroatoms. The van der Waals surface area contributed by atoms with E-state index in [1.165, 1.54) is 19.3 Å². The number of hydrogen-bond donors (Lipinski definition) is 0. The summed E-state index contributed by atoms with van der Waals surface area (Å²) in [4.78, 5) is 22.1. The van der Waals surface area contributed by atoms with Crippen molar-refractivity contribution in [3.05, 3.63) is 11.7 Å². The molecule has 0 aromatic carbocycles. The molecule has 1 saturated carbocycles. The standard InChI is InChI=1S/C21H32N4O3/c1-24-14-21(13-17(24)18-22-19(28-23-18)15-3-2-4-15)7-9-25(10-8-21)20(26)16-5-11-27-12-6-16/h15-17H,2-14H2,1H3. The molecule has 1 unspecified atom stereocenters. The lowest BCUT2D eigenvalue weighted by molar-refractivity contribution is -0.140. The summed E-state index contributed by atoms with van der Waals surface area (Å²) in [6.45, 7) is 4.29. The molecule has 1 aliphatic carbocycles. The number of ether oxygens (including phenoxy) is 1. The first-order chi connectivity index (χ1) is 13.6. The minimum atomic E-state index is 0.172. The molecule has 1 spiro atoms. The van der Waals surface area contributed by atoms with Crippen molar-refractivity contribution in [1.29, 1.82) is 0 Å². The van der Waals surface area contributed by atoms with Gasteiger partial charge in [0, 0.05) is 44.7 Å². The Morgan fingerprint density at radius 3 is 2.57 bits per heavy atom. The molecule has 7 nitrogen and oxygen atoms in total. The highest BCUT2D eigenvalue weighted by Gasteiger charge is 2.47. The van der Waals surface area contributed by atoms with Gasteiger partial charge in [0.05, 0.1) is 6.04 Å². The molecule has 3 aliphatic heterocycles. The van der Waals surface area contributed by atoms with Crippen LogP contribution in [0.2, 0.25) is 0 Å². The van der Waals surface area contributed by atoms with Crippen LogP contribution in [0.1, 0.15) is 75.0 Å². The van der Waals surface area contributed by atoms with Crippen molar-refractivity contribution in [3.8, 4) is 0 Å². The van der Waals surface area contributed by atoms with Crippen molar-refractivity contribution in [3.63, 3.8) is 0 Å². The molecule has 1 atom stereocenters. The Labute approximate surface area is 166 Å². The highest BCUT2D eigenvalue weighted by atomic mass is 16.5. The number of carbonyl (C=O) groups excluding carboxylic acids is 1. The van der Waals surface area contributed by atoms with Gasteiger partial charge in [-0.15, -0.1) is 0 Å².